The van der Waals surface area contributed by atoms with Crippen molar-refractivity contribution in [1.29, 1.82) is 0 Å². The summed E-state index contributed by atoms with van der Waals surface area (Å²) in [5.41, 5.74) is 0.448. The molecule has 3 heteroatoms. The summed E-state index contributed by atoms with van der Waals surface area (Å²) in [4.78, 5) is 13.0. The first-order valence-corrected chi connectivity index (χ1v) is 5.97. The number of carbonyl (C=O) groups is 1. The molecule has 0 aromatic carbocycles. The molecule has 96 valence electrons. The van der Waals surface area contributed by atoms with Gasteiger partial charge in [0, 0.05) is 5.57 Å². The predicted molar refractivity (Wildman–Crippen MR) is 69.5 cm³/mol. The average molecular weight is 229 g/mol. The molecule has 0 rings (SSSR count). The first kappa shape index (κ1) is 17.6. The third-order valence-corrected chi connectivity index (χ3v) is 2.03. The molecule has 3 nitrogen and oxygen atoms in total. The molecule has 0 fully saturated rings. The van der Waals surface area contributed by atoms with Crippen LogP contribution in [-0.2, 0) is 9.53 Å². The SMILES string of the molecule is C=C(C)C(=O)OC(C)C.CCN(CC)CC. The molecule has 0 bridgehead atoms. The van der Waals surface area contributed by atoms with E-state index in [0.29, 0.717) is 5.57 Å². The molecule has 0 aliphatic rings. The van der Waals surface area contributed by atoms with E-state index >= 15 is 0 Å². The van der Waals surface area contributed by atoms with Gasteiger partial charge in [-0.2, -0.15) is 0 Å². The fraction of sp³-hybridized carbons (Fsp3) is 0.769. The van der Waals surface area contributed by atoms with Gasteiger partial charge in [0.2, 0.25) is 0 Å². The summed E-state index contributed by atoms with van der Waals surface area (Å²) < 4.78 is 4.77. The summed E-state index contributed by atoms with van der Waals surface area (Å²) in [5, 5.41) is 0. The van der Waals surface area contributed by atoms with E-state index in [2.05, 4.69) is 32.3 Å². The van der Waals surface area contributed by atoms with Crippen LogP contribution in [0.3, 0.4) is 0 Å². The van der Waals surface area contributed by atoms with Gasteiger partial charge in [-0.3, -0.25) is 0 Å². The van der Waals surface area contributed by atoms with Gasteiger partial charge < -0.3 is 9.64 Å². The van der Waals surface area contributed by atoms with Crippen molar-refractivity contribution in [3.05, 3.63) is 12.2 Å². The molecule has 0 saturated heterocycles. The maximum absolute atomic E-state index is 10.6. The summed E-state index contributed by atoms with van der Waals surface area (Å²) in [6.45, 7) is 18.8. The first-order chi connectivity index (χ1) is 7.38. The Morgan fingerprint density at radius 2 is 1.56 bits per heavy atom. The Bertz CT molecular complexity index is 191. The molecular formula is C13H27NO2. The van der Waals surface area contributed by atoms with Gasteiger partial charge in [0.25, 0.3) is 0 Å². The van der Waals surface area contributed by atoms with E-state index < -0.39 is 0 Å². The molecular weight excluding hydrogens is 202 g/mol. The fourth-order valence-corrected chi connectivity index (χ4v) is 0.985. The minimum Gasteiger partial charge on any atom is -0.460 e. The van der Waals surface area contributed by atoms with Crippen LogP contribution in [-0.4, -0.2) is 36.6 Å². The smallest absolute Gasteiger partial charge is 0.333 e. The maximum atomic E-state index is 10.6. The van der Waals surface area contributed by atoms with Crippen molar-refractivity contribution in [1.82, 2.24) is 4.90 Å². The van der Waals surface area contributed by atoms with Gasteiger partial charge in [0.1, 0.15) is 0 Å². The number of hydrogen-bond acceptors (Lipinski definition) is 3. The lowest BCUT2D eigenvalue weighted by Gasteiger charge is -2.13. The summed E-state index contributed by atoms with van der Waals surface area (Å²) >= 11 is 0. The number of rotatable bonds is 5. The molecule has 0 amide bonds. The Labute approximate surface area is 100 Å². The van der Waals surface area contributed by atoms with Gasteiger partial charge >= 0.3 is 5.97 Å². The first-order valence-electron chi connectivity index (χ1n) is 5.97. The lowest BCUT2D eigenvalue weighted by Crippen LogP contribution is -2.21. The predicted octanol–water partition coefficient (Wildman–Crippen LogP) is 2.86. The van der Waals surface area contributed by atoms with E-state index in [0.717, 1.165) is 0 Å². The zero-order valence-electron chi connectivity index (χ0n) is 11.7. The van der Waals surface area contributed by atoms with Gasteiger partial charge in [-0.25, -0.2) is 4.79 Å². The largest absolute Gasteiger partial charge is 0.460 e. The second-order valence-electron chi connectivity index (χ2n) is 3.85. The maximum Gasteiger partial charge on any atom is 0.333 e. The molecule has 0 aromatic rings. The van der Waals surface area contributed by atoms with Crippen molar-refractivity contribution >= 4 is 5.97 Å². The van der Waals surface area contributed by atoms with Crippen LogP contribution in [0.15, 0.2) is 12.2 Å². The van der Waals surface area contributed by atoms with Crippen LogP contribution in [0.5, 0.6) is 0 Å². The number of ether oxygens (including phenoxy) is 1. The summed E-state index contributed by atoms with van der Waals surface area (Å²) in [7, 11) is 0. The lowest BCUT2D eigenvalue weighted by molar-refractivity contribution is -0.142. The standard InChI is InChI=1S/C7H12O2.C6H15N/c1-5(2)7(8)9-6(3)4;1-4-7(5-2)6-3/h6H,1H2,2-4H3;4-6H2,1-3H3. The summed E-state index contributed by atoms with van der Waals surface area (Å²) in [6.07, 6.45) is -0.0470. The molecule has 0 saturated carbocycles. The zero-order chi connectivity index (χ0) is 13.1. The highest BCUT2D eigenvalue weighted by molar-refractivity contribution is 5.87. The minimum atomic E-state index is -0.315. The Hall–Kier alpha value is -0.830. The van der Waals surface area contributed by atoms with E-state index in [4.69, 9.17) is 4.74 Å². The molecule has 0 atom stereocenters. The summed E-state index contributed by atoms with van der Waals surface area (Å²) in [6, 6.07) is 0. The number of hydrogen-bond donors (Lipinski definition) is 0. The number of carbonyl (C=O) groups excluding carboxylic acids is 1. The van der Waals surface area contributed by atoms with Crippen molar-refractivity contribution in [3.8, 4) is 0 Å². The Morgan fingerprint density at radius 3 is 1.62 bits per heavy atom. The average Bonchev–Trinajstić information content (AvgIpc) is 2.20. The molecule has 0 unspecified atom stereocenters. The molecule has 0 aliphatic heterocycles. The normalized spacial score (nSPS) is 9.75. The van der Waals surface area contributed by atoms with E-state index in [9.17, 15) is 4.79 Å². The molecule has 0 radical (unpaired) electrons. The minimum absolute atomic E-state index is 0.0470. The van der Waals surface area contributed by atoms with E-state index in [1.165, 1.54) is 19.6 Å². The quantitative estimate of drug-likeness (QED) is 0.536. The molecule has 16 heavy (non-hydrogen) atoms. The van der Waals surface area contributed by atoms with Gasteiger partial charge in [-0.05, 0) is 40.4 Å². The van der Waals surface area contributed by atoms with Crippen molar-refractivity contribution in [2.24, 2.45) is 0 Å². The highest BCUT2D eigenvalue weighted by Crippen LogP contribution is 1.95. The lowest BCUT2D eigenvalue weighted by atomic mass is 10.3. The zero-order valence-corrected chi connectivity index (χ0v) is 11.7. The Morgan fingerprint density at radius 1 is 1.19 bits per heavy atom. The molecule has 0 heterocycles. The van der Waals surface area contributed by atoms with Gasteiger partial charge in [-0.15, -0.1) is 0 Å². The van der Waals surface area contributed by atoms with Crippen molar-refractivity contribution in [3.63, 3.8) is 0 Å². The Kier molecular flexibility index (Phi) is 11.7. The van der Waals surface area contributed by atoms with Gasteiger partial charge in [0.15, 0.2) is 0 Å². The highest BCUT2D eigenvalue weighted by atomic mass is 16.5. The molecule has 0 aliphatic carbocycles. The molecule has 0 spiro atoms. The number of esters is 1. The van der Waals surface area contributed by atoms with Crippen LogP contribution in [0.2, 0.25) is 0 Å². The van der Waals surface area contributed by atoms with Crippen LogP contribution in [0, 0.1) is 0 Å². The van der Waals surface area contributed by atoms with Gasteiger partial charge in [-0.1, -0.05) is 27.4 Å². The second kappa shape index (κ2) is 10.7. The Balaban J connectivity index is 0. The van der Waals surface area contributed by atoms with Crippen LogP contribution in [0.1, 0.15) is 41.5 Å². The van der Waals surface area contributed by atoms with Crippen molar-refractivity contribution in [2.75, 3.05) is 19.6 Å². The van der Waals surface area contributed by atoms with Crippen LogP contribution in [0.4, 0.5) is 0 Å². The van der Waals surface area contributed by atoms with Crippen molar-refractivity contribution in [2.45, 2.75) is 47.6 Å². The summed E-state index contributed by atoms with van der Waals surface area (Å²) in [5.74, 6) is -0.315. The van der Waals surface area contributed by atoms with Crippen molar-refractivity contribution < 1.29 is 9.53 Å². The number of nitrogens with zero attached hydrogens (tertiary/aromatic N) is 1. The van der Waals surface area contributed by atoms with E-state index in [1.54, 1.807) is 20.8 Å². The fourth-order valence-electron chi connectivity index (χ4n) is 0.985. The van der Waals surface area contributed by atoms with E-state index in [1.807, 2.05) is 0 Å². The topological polar surface area (TPSA) is 29.5 Å². The third kappa shape index (κ3) is 11.2. The van der Waals surface area contributed by atoms with Crippen LogP contribution >= 0.6 is 0 Å². The van der Waals surface area contributed by atoms with E-state index in [-0.39, 0.29) is 12.1 Å². The van der Waals surface area contributed by atoms with Crippen LogP contribution in [0.25, 0.3) is 0 Å². The van der Waals surface area contributed by atoms with Crippen LogP contribution < -0.4 is 0 Å². The second-order valence-corrected chi connectivity index (χ2v) is 3.85. The van der Waals surface area contributed by atoms with Gasteiger partial charge in [0.05, 0.1) is 6.10 Å². The monoisotopic (exact) mass is 229 g/mol. The third-order valence-electron chi connectivity index (χ3n) is 2.03. The highest BCUT2D eigenvalue weighted by Gasteiger charge is 2.03. The molecule has 0 N–H and O–H groups in total. The molecule has 0 aromatic heterocycles.